The summed E-state index contributed by atoms with van der Waals surface area (Å²) in [6.07, 6.45) is 4.25. The van der Waals surface area contributed by atoms with E-state index in [0.717, 1.165) is 25.7 Å². The maximum Gasteiger partial charge on any atom is 0.338 e. The molecular formula is C16H24N2O4S. The molecule has 0 heterocycles. The summed E-state index contributed by atoms with van der Waals surface area (Å²) in [6.45, 7) is 1.96. The van der Waals surface area contributed by atoms with Crippen molar-refractivity contribution in [2.24, 2.45) is 11.7 Å². The van der Waals surface area contributed by atoms with Gasteiger partial charge in [0.05, 0.1) is 17.6 Å². The molecule has 1 aromatic rings. The van der Waals surface area contributed by atoms with Gasteiger partial charge in [-0.1, -0.05) is 12.8 Å². The minimum absolute atomic E-state index is 0.138. The van der Waals surface area contributed by atoms with E-state index in [1.807, 2.05) is 0 Å². The van der Waals surface area contributed by atoms with Crippen molar-refractivity contribution in [3.63, 3.8) is 0 Å². The number of nitrogens with two attached hydrogens (primary N) is 1. The van der Waals surface area contributed by atoms with Gasteiger partial charge in [0.15, 0.2) is 0 Å². The molecule has 1 aromatic carbocycles. The fraction of sp³-hybridized carbons (Fsp3) is 0.562. The third-order valence-corrected chi connectivity index (χ3v) is 5.93. The average Bonchev–Trinajstić information content (AvgIpc) is 3.06. The fourth-order valence-electron chi connectivity index (χ4n) is 3.11. The summed E-state index contributed by atoms with van der Waals surface area (Å²) in [5.74, 6) is -0.185. The molecule has 0 radical (unpaired) electrons. The number of benzene rings is 1. The number of nitrogens with one attached hydrogen (secondary N) is 1. The number of hydrogen-bond donors (Lipinski definition) is 2. The first-order valence-electron chi connectivity index (χ1n) is 7.80. The van der Waals surface area contributed by atoms with Crippen molar-refractivity contribution in [1.29, 1.82) is 0 Å². The number of carbonyl (C=O) groups is 1. The zero-order valence-corrected chi connectivity index (χ0v) is 14.4. The monoisotopic (exact) mass is 340 g/mol. The predicted molar refractivity (Wildman–Crippen MR) is 87.6 cm³/mol. The van der Waals surface area contributed by atoms with Gasteiger partial charge in [-0.3, -0.25) is 0 Å². The molecule has 0 amide bonds. The molecule has 7 heteroatoms. The number of ether oxygens (including phenoxy) is 1. The molecule has 3 N–H and O–H groups in total. The van der Waals surface area contributed by atoms with Crippen molar-refractivity contribution in [3.8, 4) is 0 Å². The molecule has 0 bridgehead atoms. The third-order valence-electron chi connectivity index (χ3n) is 4.44. The lowest BCUT2D eigenvalue weighted by Crippen LogP contribution is -2.44. The van der Waals surface area contributed by atoms with Gasteiger partial charge in [0.25, 0.3) is 0 Å². The Bertz CT molecular complexity index is 667. The Morgan fingerprint density at radius 1 is 1.39 bits per heavy atom. The molecule has 6 nitrogen and oxygen atoms in total. The highest BCUT2D eigenvalue weighted by atomic mass is 32.2. The average molecular weight is 340 g/mol. The molecule has 1 saturated carbocycles. The standard InChI is InChI=1S/C16H24N2O4S/c1-11-9-13(7-8-14(11)16(19)22-2)23(20,21)18-15(10-17)12-5-3-4-6-12/h7-9,12,15,18H,3-6,10,17H2,1-2H3. The highest BCUT2D eigenvalue weighted by Crippen LogP contribution is 2.28. The second-order valence-electron chi connectivity index (χ2n) is 5.98. The Labute approximate surface area is 137 Å². The second kappa shape index (κ2) is 7.42. The molecular weight excluding hydrogens is 316 g/mol. The summed E-state index contributed by atoms with van der Waals surface area (Å²) in [6, 6.07) is 4.13. The number of sulfonamides is 1. The van der Waals surface area contributed by atoms with Gasteiger partial charge < -0.3 is 10.5 Å². The van der Waals surface area contributed by atoms with E-state index < -0.39 is 16.0 Å². The lowest BCUT2D eigenvalue weighted by Gasteiger charge is -2.23. The van der Waals surface area contributed by atoms with Crippen LogP contribution in [0.2, 0.25) is 0 Å². The first kappa shape index (κ1) is 17.9. The number of carbonyl (C=O) groups excluding carboxylic acids is 1. The Hall–Kier alpha value is -1.44. The van der Waals surface area contributed by atoms with Crippen LogP contribution >= 0.6 is 0 Å². The van der Waals surface area contributed by atoms with Gasteiger partial charge in [-0.05, 0) is 49.4 Å². The van der Waals surface area contributed by atoms with Crippen LogP contribution < -0.4 is 10.5 Å². The van der Waals surface area contributed by atoms with Crippen molar-refractivity contribution in [3.05, 3.63) is 29.3 Å². The Morgan fingerprint density at radius 3 is 2.57 bits per heavy atom. The number of hydrogen-bond acceptors (Lipinski definition) is 5. The summed E-state index contributed by atoms with van der Waals surface area (Å²) in [5.41, 5.74) is 6.68. The summed E-state index contributed by atoms with van der Waals surface area (Å²) in [4.78, 5) is 11.7. The lowest BCUT2D eigenvalue weighted by atomic mass is 9.99. The van der Waals surface area contributed by atoms with E-state index in [2.05, 4.69) is 9.46 Å². The van der Waals surface area contributed by atoms with Crippen molar-refractivity contribution < 1.29 is 17.9 Å². The Morgan fingerprint density at radius 2 is 2.04 bits per heavy atom. The highest BCUT2D eigenvalue weighted by Gasteiger charge is 2.28. The Kier molecular flexibility index (Phi) is 5.78. The molecule has 1 aliphatic carbocycles. The largest absolute Gasteiger partial charge is 0.465 e. The minimum Gasteiger partial charge on any atom is -0.465 e. The molecule has 128 valence electrons. The van der Waals surface area contributed by atoms with Crippen molar-refractivity contribution in [1.82, 2.24) is 4.72 Å². The highest BCUT2D eigenvalue weighted by molar-refractivity contribution is 7.89. The first-order chi connectivity index (χ1) is 10.9. The number of methoxy groups -OCH3 is 1. The second-order valence-corrected chi connectivity index (χ2v) is 7.69. The van der Waals surface area contributed by atoms with Crippen LogP contribution in [0.3, 0.4) is 0 Å². The summed E-state index contributed by atoms with van der Waals surface area (Å²) in [7, 11) is -2.37. The predicted octanol–water partition coefficient (Wildman–Crippen LogP) is 1.58. The van der Waals surface area contributed by atoms with Crippen molar-refractivity contribution in [2.75, 3.05) is 13.7 Å². The van der Waals surface area contributed by atoms with E-state index >= 15 is 0 Å². The molecule has 0 aromatic heterocycles. The molecule has 1 atom stereocenters. The van der Waals surface area contributed by atoms with Crippen LogP contribution in [-0.4, -0.2) is 34.1 Å². The van der Waals surface area contributed by atoms with Crippen LogP contribution in [0.5, 0.6) is 0 Å². The van der Waals surface area contributed by atoms with Crippen molar-refractivity contribution in [2.45, 2.75) is 43.5 Å². The number of rotatable bonds is 6. The maximum atomic E-state index is 12.6. The van der Waals surface area contributed by atoms with Crippen LogP contribution in [0.25, 0.3) is 0 Å². The maximum absolute atomic E-state index is 12.6. The molecule has 0 spiro atoms. The first-order valence-corrected chi connectivity index (χ1v) is 9.28. The number of aryl methyl sites for hydroxylation is 1. The smallest absolute Gasteiger partial charge is 0.338 e. The van der Waals surface area contributed by atoms with Gasteiger partial charge in [0.1, 0.15) is 0 Å². The van der Waals surface area contributed by atoms with E-state index in [1.54, 1.807) is 6.92 Å². The van der Waals surface area contributed by atoms with Gasteiger partial charge in [-0.15, -0.1) is 0 Å². The van der Waals surface area contributed by atoms with E-state index in [0.29, 0.717) is 17.0 Å². The van der Waals surface area contributed by atoms with Crippen LogP contribution in [0.15, 0.2) is 23.1 Å². The van der Waals surface area contributed by atoms with Gasteiger partial charge in [-0.25, -0.2) is 17.9 Å². The van der Waals surface area contributed by atoms with Gasteiger partial charge in [0, 0.05) is 12.6 Å². The zero-order chi connectivity index (χ0) is 17.0. The van der Waals surface area contributed by atoms with E-state index in [4.69, 9.17) is 5.73 Å². The van der Waals surface area contributed by atoms with Crippen LogP contribution in [-0.2, 0) is 14.8 Å². The SMILES string of the molecule is COC(=O)c1ccc(S(=O)(=O)NC(CN)C2CCCC2)cc1C. The van der Waals surface area contributed by atoms with Gasteiger partial charge in [-0.2, -0.15) is 0 Å². The quantitative estimate of drug-likeness (QED) is 0.766. The summed E-state index contributed by atoms with van der Waals surface area (Å²) >= 11 is 0. The molecule has 1 fully saturated rings. The van der Waals surface area contributed by atoms with E-state index in [1.165, 1.54) is 25.3 Å². The Balaban J connectivity index is 2.21. The third kappa shape index (κ3) is 4.10. The van der Waals surface area contributed by atoms with Gasteiger partial charge in [0.2, 0.25) is 10.0 Å². The molecule has 2 rings (SSSR count). The van der Waals surface area contributed by atoms with E-state index in [-0.39, 0.29) is 17.5 Å². The fourth-order valence-corrected chi connectivity index (χ4v) is 4.51. The molecule has 1 unspecified atom stereocenters. The summed E-state index contributed by atoms with van der Waals surface area (Å²) in [5, 5.41) is 0. The molecule has 0 aliphatic heterocycles. The van der Waals surface area contributed by atoms with Crippen LogP contribution in [0.1, 0.15) is 41.6 Å². The molecule has 23 heavy (non-hydrogen) atoms. The van der Waals surface area contributed by atoms with Crippen LogP contribution in [0, 0.1) is 12.8 Å². The molecule has 0 saturated heterocycles. The minimum atomic E-state index is -3.66. The lowest BCUT2D eigenvalue weighted by molar-refractivity contribution is 0.0600. The zero-order valence-electron chi connectivity index (χ0n) is 13.5. The summed E-state index contributed by atoms with van der Waals surface area (Å²) < 4.78 is 32.6. The van der Waals surface area contributed by atoms with E-state index in [9.17, 15) is 13.2 Å². The van der Waals surface area contributed by atoms with Crippen molar-refractivity contribution >= 4 is 16.0 Å². The van der Waals surface area contributed by atoms with Crippen LogP contribution in [0.4, 0.5) is 0 Å². The normalized spacial score (nSPS) is 17.2. The number of esters is 1. The molecule has 1 aliphatic rings. The topological polar surface area (TPSA) is 98.5 Å². The van der Waals surface area contributed by atoms with Gasteiger partial charge >= 0.3 is 5.97 Å².